The van der Waals surface area contributed by atoms with Crippen molar-refractivity contribution in [2.75, 3.05) is 26.0 Å². The Bertz CT molecular complexity index is 938. The van der Waals surface area contributed by atoms with Crippen LogP contribution in [0.4, 0.5) is 0 Å². The van der Waals surface area contributed by atoms with E-state index in [9.17, 15) is 13.5 Å². The molecular weight excluding hydrogens is 388 g/mol. The van der Waals surface area contributed by atoms with Crippen molar-refractivity contribution in [3.05, 3.63) is 59.7 Å². The van der Waals surface area contributed by atoms with E-state index in [1.807, 2.05) is 62.4 Å². The molecule has 0 unspecified atom stereocenters. The summed E-state index contributed by atoms with van der Waals surface area (Å²) in [6, 6.07) is 16.0. The molecule has 6 nitrogen and oxygen atoms in total. The van der Waals surface area contributed by atoms with E-state index in [0.29, 0.717) is 12.5 Å². The maximum absolute atomic E-state index is 12.0. The largest absolute Gasteiger partial charge is 0.392 e. The van der Waals surface area contributed by atoms with Gasteiger partial charge in [0.05, 0.1) is 6.26 Å². The van der Waals surface area contributed by atoms with E-state index >= 15 is 0 Å². The van der Waals surface area contributed by atoms with Crippen LogP contribution in [0, 0.1) is 5.92 Å². The third-order valence-corrected chi connectivity index (χ3v) is 6.19. The molecule has 0 aliphatic heterocycles. The highest BCUT2D eigenvalue weighted by atomic mass is 32.2. The Balaban J connectivity index is 1.68. The lowest BCUT2D eigenvalue weighted by molar-refractivity contribution is 0.0306. The van der Waals surface area contributed by atoms with Gasteiger partial charge in [-0.3, -0.25) is 0 Å². The minimum absolute atomic E-state index is 0.0103. The molecule has 1 N–H and O–H groups in total. The molecule has 3 rings (SSSR count). The first-order chi connectivity index (χ1) is 13.8. The van der Waals surface area contributed by atoms with Crippen LogP contribution in [-0.4, -0.2) is 55.6 Å². The maximum atomic E-state index is 12.0. The van der Waals surface area contributed by atoms with Crippen LogP contribution in [0.3, 0.4) is 0 Å². The first-order valence-electron chi connectivity index (χ1n) is 9.79. The van der Waals surface area contributed by atoms with E-state index in [0.717, 1.165) is 40.6 Å². The van der Waals surface area contributed by atoms with Crippen LogP contribution in [0.15, 0.2) is 53.7 Å². The van der Waals surface area contributed by atoms with Gasteiger partial charge in [-0.25, -0.2) is 8.42 Å². The SMILES string of the molecule is CC(C)CCN(C[C@@H](O)CON=C1c2ccccc2-c2ccccc21)S(C)(=O)=O. The van der Waals surface area contributed by atoms with E-state index in [1.165, 1.54) is 4.31 Å². The van der Waals surface area contributed by atoms with Crippen LogP contribution in [0.25, 0.3) is 11.1 Å². The molecule has 1 aliphatic rings. The van der Waals surface area contributed by atoms with E-state index < -0.39 is 16.1 Å². The zero-order valence-corrected chi connectivity index (χ0v) is 17.9. The minimum atomic E-state index is -3.39. The molecule has 2 aromatic rings. The number of nitrogens with zero attached hydrogens (tertiary/aromatic N) is 2. The second-order valence-corrected chi connectivity index (χ2v) is 9.77. The summed E-state index contributed by atoms with van der Waals surface area (Å²) in [5.74, 6) is 0.376. The summed E-state index contributed by atoms with van der Waals surface area (Å²) in [4.78, 5) is 5.45. The molecule has 0 amide bonds. The number of oxime groups is 1. The summed E-state index contributed by atoms with van der Waals surface area (Å²) in [6.45, 7) is 4.36. The Morgan fingerprint density at radius 1 is 1.00 bits per heavy atom. The van der Waals surface area contributed by atoms with Crippen molar-refractivity contribution in [3.63, 3.8) is 0 Å². The van der Waals surface area contributed by atoms with Crippen molar-refractivity contribution in [2.45, 2.75) is 26.4 Å². The van der Waals surface area contributed by atoms with Gasteiger partial charge < -0.3 is 9.94 Å². The molecule has 1 aliphatic carbocycles. The second kappa shape index (κ2) is 9.07. The molecule has 0 heterocycles. The fourth-order valence-electron chi connectivity index (χ4n) is 3.36. The van der Waals surface area contributed by atoms with Gasteiger partial charge in [0.15, 0.2) is 0 Å². The third-order valence-electron chi connectivity index (χ3n) is 4.92. The number of hydrogen-bond acceptors (Lipinski definition) is 5. The number of benzene rings is 2. The molecule has 156 valence electrons. The van der Waals surface area contributed by atoms with E-state index in [-0.39, 0.29) is 13.2 Å². The van der Waals surface area contributed by atoms with Gasteiger partial charge >= 0.3 is 0 Å². The summed E-state index contributed by atoms with van der Waals surface area (Å²) < 4.78 is 25.3. The topological polar surface area (TPSA) is 79.2 Å². The molecule has 7 heteroatoms. The van der Waals surface area contributed by atoms with Crippen LogP contribution in [0.1, 0.15) is 31.4 Å². The lowest BCUT2D eigenvalue weighted by Gasteiger charge is -2.23. The Kier molecular flexibility index (Phi) is 6.72. The predicted molar refractivity (Wildman–Crippen MR) is 115 cm³/mol. The maximum Gasteiger partial charge on any atom is 0.211 e. The van der Waals surface area contributed by atoms with Crippen LogP contribution >= 0.6 is 0 Å². The van der Waals surface area contributed by atoms with Gasteiger partial charge in [0, 0.05) is 24.2 Å². The van der Waals surface area contributed by atoms with Gasteiger partial charge in [-0.15, -0.1) is 0 Å². The highest BCUT2D eigenvalue weighted by Crippen LogP contribution is 2.36. The highest BCUT2D eigenvalue weighted by molar-refractivity contribution is 7.88. The summed E-state index contributed by atoms with van der Waals surface area (Å²) in [6.07, 6.45) is 0.928. The number of rotatable bonds is 9. The molecule has 29 heavy (non-hydrogen) atoms. The van der Waals surface area contributed by atoms with Crippen molar-refractivity contribution in [3.8, 4) is 11.1 Å². The third kappa shape index (κ3) is 5.23. The fraction of sp³-hybridized carbons (Fsp3) is 0.409. The molecule has 0 aromatic heterocycles. The number of fused-ring (bicyclic) bond motifs is 3. The average molecular weight is 417 g/mol. The Labute approximate surface area is 172 Å². The van der Waals surface area contributed by atoms with Gasteiger partial charge in [-0.05, 0) is 23.5 Å². The number of sulfonamides is 1. The van der Waals surface area contributed by atoms with Gasteiger partial charge in [-0.2, -0.15) is 4.31 Å². The summed E-state index contributed by atoms with van der Waals surface area (Å²) in [5, 5.41) is 14.6. The average Bonchev–Trinajstić information content (AvgIpc) is 2.98. The molecule has 0 saturated carbocycles. The Morgan fingerprint density at radius 3 is 2.00 bits per heavy atom. The summed E-state index contributed by atoms with van der Waals surface area (Å²) in [5.41, 5.74) is 4.89. The van der Waals surface area contributed by atoms with Gasteiger partial charge in [-0.1, -0.05) is 67.5 Å². The molecule has 0 radical (unpaired) electrons. The normalized spacial score (nSPS) is 14.1. The van der Waals surface area contributed by atoms with E-state index in [1.54, 1.807) is 0 Å². The zero-order valence-electron chi connectivity index (χ0n) is 17.1. The van der Waals surface area contributed by atoms with Gasteiger partial charge in [0.1, 0.15) is 18.4 Å². The molecule has 1 atom stereocenters. The van der Waals surface area contributed by atoms with Crippen LogP contribution in [-0.2, 0) is 14.9 Å². The smallest absolute Gasteiger partial charge is 0.211 e. The van der Waals surface area contributed by atoms with E-state index in [2.05, 4.69) is 5.16 Å². The molecule has 0 saturated heterocycles. The van der Waals surface area contributed by atoms with Gasteiger partial charge in [0.25, 0.3) is 0 Å². The summed E-state index contributed by atoms with van der Waals surface area (Å²) >= 11 is 0. The first kappa shape index (κ1) is 21.5. The van der Waals surface area contributed by atoms with Crippen LogP contribution < -0.4 is 0 Å². The standard InChI is InChI=1S/C22H28N2O4S/c1-16(2)12-13-24(29(3,26)27)14-17(25)15-28-23-22-20-10-6-4-8-18(20)19-9-5-7-11-21(19)22/h4-11,16-17,25H,12-15H2,1-3H3/t17-/m1/s1. The quantitative estimate of drug-likeness (QED) is 0.544. The lowest BCUT2D eigenvalue weighted by Crippen LogP contribution is -2.39. The Morgan fingerprint density at radius 2 is 1.52 bits per heavy atom. The Hall–Kier alpha value is -2.22. The van der Waals surface area contributed by atoms with E-state index in [4.69, 9.17) is 4.84 Å². The van der Waals surface area contributed by atoms with Crippen molar-refractivity contribution in [1.82, 2.24) is 4.31 Å². The number of aliphatic hydroxyl groups excluding tert-OH is 1. The second-order valence-electron chi connectivity index (χ2n) is 7.78. The minimum Gasteiger partial charge on any atom is -0.392 e. The lowest BCUT2D eigenvalue weighted by atomic mass is 10.1. The zero-order chi connectivity index (χ0) is 21.0. The van der Waals surface area contributed by atoms with Gasteiger partial charge in [0.2, 0.25) is 10.0 Å². The van der Waals surface area contributed by atoms with Crippen molar-refractivity contribution < 1.29 is 18.4 Å². The van der Waals surface area contributed by atoms with Crippen molar-refractivity contribution >= 4 is 15.7 Å². The molecule has 2 aromatic carbocycles. The monoisotopic (exact) mass is 416 g/mol. The van der Waals surface area contributed by atoms with Crippen molar-refractivity contribution in [2.24, 2.45) is 11.1 Å². The van der Waals surface area contributed by atoms with Crippen LogP contribution in [0.2, 0.25) is 0 Å². The first-order valence-corrected chi connectivity index (χ1v) is 11.6. The number of aliphatic hydroxyl groups is 1. The summed E-state index contributed by atoms with van der Waals surface area (Å²) in [7, 11) is -3.39. The molecule has 0 spiro atoms. The van der Waals surface area contributed by atoms with Crippen molar-refractivity contribution in [1.29, 1.82) is 0 Å². The molecular formula is C22H28N2O4S. The molecule has 0 bridgehead atoms. The fourth-order valence-corrected chi connectivity index (χ4v) is 4.24. The predicted octanol–water partition coefficient (Wildman–Crippen LogP) is 3.10. The van der Waals surface area contributed by atoms with Crippen LogP contribution in [0.5, 0.6) is 0 Å². The molecule has 0 fully saturated rings. The highest BCUT2D eigenvalue weighted by Gasteiger charge is 2.25. The number of hydrogen-bond donors (Lipinski definition) is 1.